The minimum atomic E-state index is -0.501. The van der Waals surface area contributed by atoms with E-state index < -0.39 is 24.4 Å². The number of ether oxygens (including phenoxy) is 15. The molecule has 0 atom stereocenters. The van der Waals surface area contributed by atoms with Crippen molar-refractivity contribution in [3.05, 3.63) is 0 Å². The summed E-state index contributed by atoms with van der Waals surface area (Å²) in [6, 6.07) is -0.420. The highest BCUT2D eigenvalue weighted by atomic mass is 16.6. The van der Waals surface area contributed by atoms with E-state index in [0.29, 0.717) is 233 Å². The summed E-state index contributed by atoms with van der Waals surface area (Å²) in [5, 5.41) is 54.9. The topological polar surface area (TPSA) is 638 Å². The van der Waals surface area contributed by atoms with Gasteiger partial charge in [0.05, 0.1) is 79.2 Å². The minimum Gasteiger partial charge on any atom is -0.463 e. The molecule has 0 saturated heterocycles. The van der Waals surface area contributed by atoms with E-state index in [1.165, 1.54) is 12.2 Å². The molecule has 0 aromatic carbocycles. The number of nitrogens with one attached hydrogen (secondary N) is 8. The van der Waals surface area contributed by atoms with Crippen LogP contribution in [0.1, 0.15) is 265 Å². The van der Waals surface area contributed by atoms with Crippen LogP contribution in [0.3, 0.4) is 0 Å². The van der Waals surface area contributed by atoms with Gasteiger partial charge in [-0.1, -0.05) is 34.1 Å². The van der Waals surface area contributed by atoms with Crippen LogP contribution in [-0.2, 0) is 109 Å². The smallest absolute Gasteiger partial charge is 0.407 e. The number of rotatable bonds is 84. The van der Waals surface area contributed by atoms with E-state index in [1.54, 1.807) is 12.5 Å². The fourth-order valence-corrected chi connectivity index (χ4v) is 9.92. The summed E-state index contributed by atoms with van der Waals surface area (Å²) in [5.41, 5.74) is 10.3. The number of carbonyl (C=O) groups excluding carboxylic acids is 14. The Morgan fingerprint density at radius 2 is 0.493 bits per heavy atom. The maximum absolute atomic E-state index is 11.8. The highest BCUT2D eigenvalue weighted by Crippen LogP contribution is 2.09. The number of nitrogens with two attached hydrogens (primary N) is 2. The molecule has 0 rings (SSSR count). The molecule has 0 heterocycles. The van der Waals surface area contributed by atoms with Gasteiger partial charge in [-0.15, -0.1) is 0 Å². The summed E-state index contributed by atoms with van der Waals surface area (Å²) in [6.07, 6.45) is 29.3. The van der Waals surface area contributed by atoms with Gasteiger partial charge in [-0.2, -0.15) is 10.5 Å². The predicted octanol–water partition coefficient (Wildman–Crippen LogP) is 8.81. The number of alkyl carbamates (subject to hydrolysis) is 4. The molecule has 0 aliphatic heterocycles. The molecule has 134 heavy (non-hydrogen) atoms. The zero-order valence-electron chi connectivity index (χ0n) is 79.2. The van der Waals surface area contributed by atoms with E-state index in [0.717, 1.165) is 83.7 Å². The predicted molar refractivity (Wildman–Crippen MR) is 493 cm³/mol. The first-order chi connectivity index (χ1) is 64.8. The molecular weight excluding hydrogens is 1760 g/mol. The van der Waals surface area contributed by atoms with Crippen LogP contribution in [0.2, 0.25) is 0 Å². The molecule has 0 aliphatic carbocycles. The third-order valence-corrected chi connectivity index (χ3v) is 17.0. The van der Waals surface area contributed by atoms with E-state index in [2.05, 4.69) is 62.0 Å². The second kappa shape index (κ2) is 117. The molecular formula is C89H164N14O31. The van der Waals surface area contributed by atoms with Crippen LogP contribution >= 0.6 is 0 Å². The largest absolute Gasteiger partial charge is 0.463 e. The van der Waals surface area contributed by atoms with E-state index in [9.17, 15) is 67.1 Å². The molecule has 45 nitrogen and oxygen atoms in total. The fraction of sp³-hybridized carbons (Fsp3) is 0.820. The summed E-state index contributed by atoms with van der Waals surface area (Å²) in [6.45, 7) is 14.7. The number of nitriles is 2. The van der Waals surface area contributed by atoms with Crippen molar-refractivity contribution in [3.63, 3.8) is 0 Å². The molecule has 8 amide bonds. The first-order valence-electron chi connectivity index (χ1n) is 46.8. The van der Waals surface area contributed by atoms with Crippen molar-refractivity contribution in [2.75, 3.05) is 211 Å². The van der Waals surface area contributed by atoms with Crippen LogP contribution in [0.25, 0.3) is 0 Å². The van der Waals surface area contributed by atoms with Crippen LogP contribution < -0.4 is 54.0 Å². The molecule has 45 heteroatoms. The Morgan fingerprint density at radius 3 is 0.754 bits per heavy atom. The normalized spacial score (nSPS) is 9.94. The van der Waals surface area contributed by atoms with Gasteiger partial charge in [0, 0.05) is 104 Å². The van der Waals surface area contributed by atoms with E-state index in [4.69, 9.17) is 93.8 Å². The molecule has 14 N–H and O–H groups in total. The Bertz CT molecular complexity index is 2980. The molecule has 0 bridgehead atoms. The second-order valence-electron chi connectivity index (χ2n) is 28.7. The fourth-order valence-electron chi connectivity index (χ4n) is 9.92. The maximum Gasteiger partial charge on any atom is 0.407 e. The van der Waals surface area contributed by atoms with E-state index >= 15 is 0 Å². The summed E-state index contributed by atoms with van der Waals surface area (Å²) >= 11 is 0. The van der Waals surface area contributed by atoms with Gasteiger partial charge in [0.2, 0.25) is 12.2 Å². The van der Waals surface area contributed by atoms with E-state index in [-0.39, 0.29) is 193 Å². The molecule has 0 saturated carbocycles. The minimum absolute atomic E-state index is 0. The number of aliphatic hydroxyl groups is 2. The van der Waals surface area contributed by atoms with Crippen LogP contribution in [0.4, 0.5) is 28.8 Å². The molecule has 0 fully saturated rings. The number of esters is 6. The SMILES string of the molecule is C.CCCNC(=O)NCCCCNC(=O)NCCCCNC(=O)OCCCCCC(=O)OCCOCCOC(=O)CCCCCOC(=O)NCCC.N#COCCCCN=C=O.N#COCCCCNC(=O)OCCCCCC(=O)OCCOCCOC(=O)CCCCCOC(=O)NCCCCN=C=O.NCCCCN.O=C(CCCCCO)OCCOCCOC(=O)CCCCCO. The van der Waals surface area contributed by atoms with Gasteiger partial charge >= 0.3 is 72.3 Å². The number of urea groups is 2. The lowest BCUT2D eigenvalue weighted by molar-refractivity contribution is -0.148. The first-order valence-corrected chi connectivity index (χ1v) is 46.8. The Labute approximate surface area is 792 Å². The Morgan fingerprint density at radius 1 is 0.269 bits per heavy atom. The standard InChI is InChI=1S/C34H64N6O11.C28H46N4O11.C16H30O7.C6H8N2O2.C4H12N2.CH4/c1-3-17-35-31(43)36-19-9-10-20-37-32(44)38-21-11-12-22-40-34(46)51-24-14-6-8-16-30(42)49-28-26-47-25-27-48-29(41)15-7-5-13-23-50-33(45)39-18-4-2;29-23-39-16-10-7-15-32-28(37)43-18-9-2-4-12-26(35)41-22-20-38-19-21-40-25(34)11-3-1-8-17-42-27(36)31-14-6-5-13-30-24-33;17-9-5-1-3-7-15(19)22-13-11-21-12-14-23-16(20)8-4-2-6-10-18;7-5-10-4-2-1-3-8-6-9;5-3-1-2-4-6;/h3-28H2,1-2H3,(H,39,45)(H,40,46)(H2,35,36,43)(H2,37,38,44);1-22H2,(H,31,36)(H,32,37);17-18H,1-14H2;1-4H2;1-6H2;1H4. The lowest BCUT2D eigenvalue weighted by atomic mass is 10.2. The van der Waals surface area contributed by atoms with Crippen LogP contribution in [0.15, 0.2) is 9.98 Å². The zero-order valence-corrected chi connectivity index (χ0v) is 79.2. The van der Waals surface area contributed by atoms with Crippen molar-refractivity contribution in [3.8, 4) is 12.5 Å². The van der Waals surface area contributed by atoms with Crippen molar-refractivity contribution in [2.24, 2.45) is 21.5 Å². The summed E-state index contributed by atoms with van der Waals surface area (Å²) < 4.78 is 75.3. The second-order valence-corrected chi connectivity index (χ2v) is 28.7. The molecule has 0 unspecified atom stereocenters. The van der Waals surface area contributed by atoms with Crippen LogP contribution in [0, 0.1) is 23.0 Å². The summed E-state index contributed by atoms with van der Waals surface area (Å²) in [5.74, 6) is -1.84. The maximum atomic E-state index is 11.8. The number of hydrogen-bond acceptors (Lipinski definition) is 37. The third kappa shape index (κ3) is 124. The number of hydrogen-bond donors (Lipinski definition) is 12. The molecule has 0 aromatic rings. The monoisotopic (exact) mass is 1930 g/mol. The van der Waals surface area contributed by atoms with Crippen molar-refractivity contribution >= 4 is 84.4 Å². The van der Waals surface area contributed by atoms with Gasteiger partial charge in [0.25, 0.3) is 12.5 Å². The van der Waals surface area contributed by atoms with Gasteiger partial charge in [-0.05, 0) is 206 Å². The number of amides is 8. The number of unbranched alkanes of at least 4 members (excludes halogenated alkanes) is 18. The Kier molecular flexibility index (Phi) is 117. The summed E-state index contributed by atoms with van der Waals surface area (Å²) in [7, 11) is 0. The van der Waals surface area contributed by atoms with Crippen molar-refractivity contribution in [2.45, 2.75) is 265 Å². The van der Waals surface area contributed by atoms with Gasteiger partial charge in [-0.3, -0.25) is 28.8 Å². The molecule has 0 aliphatic rings. The van der Waals surface area contributed by atoms with Crippen LogP contribution in [0.5, 0.6) is 0 Å². The molecule has 0 spiro atoms. The molecule has 776 valence electrons. The lowest BCUT2D eigenvalue weighted by Crippen LogP contribution is -2.38. The van der Waals surface area contributed by atoms with Gasteiger partial charge < -0.3 is 135 Å². The number of carbonyl (C=O) groups is 12. The highest BCUT2D eigenvalue weighted by molar-refractivity contribution is 5.75. The first kappa shape index (κ1) is 134. The highest BCUT2D eigenvalue weighted by Gasteiger charge is 2.13. The van der Waals surface area contributed by atoms with E-state index in [1.807, 2.05) is 13.8 Å². The zero-order chi connectivity index (χ0) is 98.9. The average Bonchev–Trinajstić information content (AvgIpc) is 1.04. The Balaban J connectivity index is -0.000000440. The van der Waals surface area contributed by atoms with Crippen molar-refractivity contribution < 1.29 is 148 Å². The molecule has 0 aromatic heterocycles. The van der Waals surface area contributed by atoms with Gasteiger partial charge in [-0.25, -0.2) is 48.3 Å². The Hall–Kier alpha value is -10.5. The lowest BCUT2D eigenvalue weighted by Gasteiger charge is -2.09. The number of aliphatic hydroxyl groups excluding tert-OH is 2. The van der Waals surface area contributed by atoms with Gasteiger partial charge in [0.15, 0.2) is 0 Å². The quantitative estimate of drug-likeness (QED) is 0.00675. The summed E-state index contributed by atoms with van der Waals surface area (Å²) in [4.78, 5) is 165. The average molecular weight is 1930 g/mol. The molecule has 0 radical (unpaired) electrons. The number of nitrogens with zero attached hydrogens (tertiary/aromatic N) is 4. The number of aliphatic imine (C=N–C) groups is 2. The number of isocyanates is 2. The van der Waals surface area contributed by atoms with Gasteiger partial charge in [0.1, 0.15) is 52.9 Å². The third-order valence-electron chi connectivity index (χ3n) is 17.0. The van der Waals surface area contributed by atoms with Crippen molar-refractivity contribution in [1.82, 2.24) is 42.5 Å². The van der Waals surface area contributed by atoms with Crippen molar-refractivity contribution in [1.29, 1.82) is 10.5 Å². The van der Waals surface area contributed by atoms with Crippen LogP contribution in [-0.4, -0.2) is 305 Å².